The monoisotopic (exact) mass is 483 g/mol. The van der Waals surface area contributed by atoms with Crippen molar-refractivity contribution in [3.8, 4) is 0 Å². The standard InChI is InChI=1S/C23H22ClN5O3S/c1-27-20-19(21(31)28(2)23(27)32)29(13-12-15-6-4-3-5-7-15)22(26-20)33-14-18(30)25-17-10-8-16(24)9-11-17/h3-11H,12-14H2,1-2H3,(H,25,30). The number of imidazole rings is 1. The van der Waals surface area contributed by atoms with Gasteiger partial charge in [-0.2, -0.15) is 0 Å². The molecule has 0 aliphatic carbocycles. The van der Waals surface area contributed by atoms with Crippen LogP contribution in [0.15, 0.2) is 69.3 Å². The molecule has 0 bridgehead atoms. The number of aromatic nitrogens is 4. The Labute approximate surface area is 198 Å². The Morgan fingerprint density at radius 1 is 1.03 bits per heavy atom. The molecule has 4 rings (SSSR count). The molecule has 0 aliphatic heterocycles. The fraction of sp³-hybridized carbons (Fsp3) is 0.217. The summed E-state index contributed by atoms with van der Waals surface area (Å²) in [7, 11) is 3.03. The number of halogens is 1. The molecule has 2 aromatic carbocycles. The van der Waals surface area contributed by atoms with E-state index in [1.807, 2.05) is 30.3 Å². The predicted molar refractivity (Wildman–Crippen MR) is 131 cm³/mol. The van der Waals surface area contributed by atoms with Crippen LogP contribution < -0.4 is 16.6 Å². The summed E-state index contributed by atoms with van der Waals surface area (Å²) in [5.41, 5.74) is 1.53. The van der Waals surface area contributed by atoms with Crippen LogP contribution in [0.1, 0.15) is 5.56 Å². The first kappa shape index (κ1) is 22.9. The third-order valence-electron chi connectivity index (χ3n) is 5.24. The molecule has 2 heterocycles. The van der Waals surface area contributed by atoms with Crippen molar-refractivity contribution in [3.05, 3.63) is 86.0 Å². The molecule has 0 spiro atoms. The van der Waals surface area contributed by atoms with Crippen molar-refractivity contribution in [1.29, 1.82) is 0 Å². The molecule has 0 aliphatic rings. The Morgan fingerprint density at radius 3 is 2.42 bits per heavy atom. The molecular formula is C23H22ClN5O3S. The average Bonchev–Trinajstić information content (AvgIpc) is 3.19. The van der Waals surface area contributed by atoms with Crippen LogP contribution in [0.25, 0.3) is 11.2 Å². The molecule has 10 heteroatoms. The highest BCUT2D eigenvalue weighted by Crippen LogP contribution is 2.23. The quantitative estimate of drug-likeness (QED) is 0.408. The maximum Gasteiger partial charge on any atom is 0.332 e. The number of anilines is 1. The van der Waals surface area contributed by atoms with E-state index < -0.39 is 11.2 Å². The zero-order valence-corrected chi connectivity index (χ0v) is 19.7. The molecule has 170 valence electrons. The number of carbonyl (C=O) groups is 1. The number of carbonyl (C=O) groups excluding carboxylic acids is 1. The second-order valence-electron chi connectivity index (χ2n) is 7.50. The first-order chi connectivity index (χ1) is 15.8. The Balaban J connectivity index is 1.64. The molecule has 2 aromatic heterocycles. The molecule has 0 unspecified atom stereocenters. The van der Waals surface area contributed by atoms with E-state index >= 15 is 0 Å². The lowest BCUT2D eigenvalue weighted by Gasteiger charge is -2.10. The number of aryl methyl sites for hydroxylation is 3. The van der Waals surface area contributed by atoms with Crippen LogP contribution in [0.4, 0.5) is 5.69 Å². The first-order valence-corrected chi connectivity index (χ1v) is 11.6. The molecular weight excluding hydrogens is 462 g/mol. The van der Waals surface area contributed by atoms with Gasteiger partial charge in [-0.25, -0.2) is 9.78 Å². The second kappa shape index (κ2) is 9.68. The van der Waals surface area contributed by atoms with Gasteiger partial charge in [0.05, 0.1) is 5.75 Å². The molecule has 1 amide bonds. The van der Waals surface area contributed by atoms with E-state index in [0.29, 0.717) is 40.0 Å². The van der Waals surface area contributed by atoms with Crippen molar-refractivity contribution >= 4 is 46.1 Å². The molecule has 0 saturated carbocycles. The molecule has 0 fully saturated rings. The highest BCUT2D eigenvalue weighted by Gasteiger charge is 2.20. The number of fused-ring (bicyclic) bond motifs is 1. The molecule has 0 saturated heterocycles. The number of thioether (sulfide) groups is 1. The lowest BCUT2D eigenvalue weighted by atomic mass is 10.1. The van der Waals surface area contributed by atoms with Crippen LogP contribution in [0.2, 0.25) is 5.02 Å². The Bertz CT molecular complexity index is 1430. The topological polar surface area (TPSA) is 90.9 Å². The molecule has 4 aromatic rings. The van der Waals surface area contributed by atoms with E-state index in [0.717, 1.165) is 10.1 Å². The van der Waals surface area contributed by atoms with Gasteiger partial charge in [-0.15, -0.1) is 0 Å². The summed E-state index contributed by atoms with van der Waals surface area (Å²) in [6, 6.07) is 16.7. The SMILES string of the molecule is Cn1c(=O)c2c(nc(SCC(=O)Nc3ccc(Cl)cc3)n2CCc2ccccc2)n(C)c1=O. The third-order valence-corrected chi connectivity index (χ3v) is 6.47. The highest BCUT2D eigenvalue weighted by atomic mass is 35.5. The maximum atomic E-state index is 12.9. The van der Waals surface area contributed by atoms with E-state index in [4.69, 9.17) is 11.6 Å². The lowest BCUT2D eigenvalue weighted by molar-refractivity contribution is -0.113. The van der Waals surface area contributed by atoms with Crippen molar-refractivity contribution in [2.24, 2.45) is 14.1 Å². The second-order valence-corrected chi connectivity index (χ2v) is 8.88. The van der Waals surface area contributed by atoms with E-state index in [9.17, 15) is 14.4 Å². The number of amides is 1. The van der Waals surface area contributed by atoms with Crippen LogP contribution in [0.3, 0.4) is 0 Å². The first-order valence-electron chi connectivity index (χ1n) is 10.2. The Hall–Kier alpha value is -3.30. The van der Waals surface area contributed by atoms with Crippen molar-refractivity contribution in [2.75, 3.05) is 11.1 Å². The van der Waals surface area contributed by atoms with E-state index in [1.54, 1.807) is 35.9 Å². The minimum Gasteiger partial charge on any atom is -0.325 e. The largest absolute Gasteiger partial charge is 0.332 e. The minimum absolute atomic E-state index is 0.0888. The van der Waals surface area contributed by atoms with Crippen LogP contribution in [0.5, 0.6) is 0 Å². The Kier molecular flexibility index (Phi) is 6.71. The summed E-state index contributed by atoms with van der Waals surface area (Å²) >= 11 is 7.11. The van der Waals surface area contributed by atoms with Crippen molar-refractivity contribution in [1.82, 2.24) is 18.7 Å². The minimum atomic E-state index is -0.447. The fourth-order valence-electron chi connectivity index (χ4n) is 3.49. The summed E-state index contributed by atoms with van der Waals surface area (Å²) in [5, 5.41) is 3.90. The molecule has 0 atom stereocenters. The van der Waals surface area contributed by atoms with Crippen molar-refractivity contribution in [3.63, 3.8) is 0 Å². The van der Waals surface area contributed by atoms with Gasteiger partial charge >= 0.3 is 5.69 Å². The molecule has 33 heavy (non-hydrogen) atoms. The van der Waals surface area contributed by atoms with Gasteiger partial charge in [0.25, 0.3) is 5.56 Å². The lowest BCUT2D eigenvalue weighted by Crippen LogP contribution is -2.37. The van der Waals surface area contributed by atoms with Crippen LogP contribution >= 0.6 is 23.4 Å². The van der Waals surface area contributed by atoms with Gasteiger partial charge in [-0.3, -0.25) is 18.7 Å². The number of nitrogens with zero attached hydrogens (tertiary/aromatic N) is 4. The van der Waals surface area contributed by atoms with Gasteiger partial charge < -0.3 is 9.88 Å². The van der Waals surface area contributed by atoms with E-state index in [-0.39, 0.29) is 11.7 Å². The van der Waals surface area contributed by atoms with Gasteiger partial charge in [0.2, 0.25) is 5.91 Å². The average molecular weight is 484 g/mol. The summed E-state index contributed by atoms with van der Waals surface area (Å²) in [6.45, 7) is 0.481. The molecule has 0 radical (unpaired) electrons. The fourth-order valence-corrected chi connectivity index (χ4v) is 4.44. The van der Waals surface area contributed by atoms with Gasteiger partial charge in [0.15, 0.2) is 16.3 Å². The zero-order chi connectivity index (χ0) is 23.5. The zero-order valence-electron chi connectivity index (χ0n) is 18.1. The van der Waals surface area contributed by atoms with E-state index in [1.165, 1.54) is 23.4 Å². The number of rotatable bonds is 7. The summed E-state index contributed by atoms with van der Waals surface area (Å²) < 4.78 is 4.22. The summed E-state index contributed by atoms with van der Waals surface area (Å²) in [5.74, 6) is -0.128. The van der Waals surface area contributed by atoms with E-state index in [2.05, 4.69) is 10.3 Å². The van der Waals surface area contributed by atoms with Gasteiger partial charge in [0.1, 0.15) is 0 Å². The smallest absolute Gasteiger partial charge is 0.325 e. The number of benzene rings is 2. The number of hydrogen-bond donors (Lipinski definition) is 1. The van der Waals surface area contributed by atoms with Crippen LogP contribution in [0, 0.1) is 0 Å². The van der Waals surface area contributed by atoms with Crippen LogP contribution in [-0.4, -0.2) is 30.3 Å². The van der Waals surface area contributed by atoms with Crippen molar-refractivity contribution in [2.45, 2.75) is 18.1 Å². The molecule has 8 nitrogen and oxygen atoms in total. The van der Waals surface area contributed by atoms with Gasteiger partial charge in [-0.05, 0) is 36.2 Å². The third kappa shape index (κ3) is 4.89. The van der Waals surface area contributed by atoms with Crippen molar-refractivity contribution < 1.29 is 4.79 Å². The normalized spacial score (nSPS) is 11.1. The molecule has 1 N–H and O–H groups in total. The number of hydrogen-bond acceptors (Lipinski definition) is 5. The summed E-state index contributed by atoms with van der Waals surface area (Å²) in [6.07, 6.45) is 0.669. The summed E-state index contributed by atoms with van der Waals surface area (Å²) in [4.78, 5) is 42.4. The van der Waals surface area contributed by atoms with Gasteiger partial charge in [-0.1, -0.05) is 53.7 Å². The number of nitrogens with one attached hydrogen (secondary N) is 1. The maximum absolute atomic E-state index is 12.9. The van der Waals surface area contributed by atoms with Crippen LogP contribution in [-0.2, 0) is 31.9 Å². The predicted octanol–water partition coefficient (Wildman–Crippen LogP) is 3.06. The van der Waals surface area contributed by atoms with Gasteiger partial charge in [0, 0.05) is 31.4 Å². The Morgan fingerprint density at radius 2 is 1.73 bits per heavy atom. The highest BCUT2D eigenvalue weighted by molar-refractivity contribution is 7.99.